The maximum absolute atomic E-state index is 12.0. The summed E-state index contributed by atoms with van der Waals surface area (Å²) in [5, 5.41) is 13.2. The quantitative estimate of drug-likeness (QED) is 0.584. The van der Waals surface area contributed by atoms with Gasteiger partial charge in [-0.3, -0.25) is 9.48 Å². The van der Waals surface area contributed by atoms with Crippen LogP contribution in [0.1, 0.15) is 54.7 Å². The molecule has 0 spiro atoms. The van der Waals surface area contributed by atoms with Crippen molar-refractivity contribution < 1.29 is 9.53 Å². The topological polar surface area (TPSA) is 68.8 Å². The van der Waals surface area contributed by atoms with Gasteiger partial charge in [0, 0.05) is 27.0 Å². The monoisotopic (exact) mass is 340 g/mol. The van der Waals surface area contributed by atoms with Crippen LogP contribution in [0.5, 0.6) is 0 Å². The molecular formula is C19H24N4O2. The molecule has 1 saturated carbocycles. The molecule has 0 N–H and O–H groups in total. The van der Waals surface area contributed by atoms with Gasteiger partial charge in [0.25, 0.3) is 0 Å². The predicted molar refractivity (Wildman–Crippen MR) is 95.8 cm³/mol. The summed E-state index contributed by atoms with van der Waals surface area (Å²) in [6.07, 6.45) is 4.35. The number of nitrogens with zero attached hydrogens (tertiary/aromatic N) is 4. The lowest BCUT2D eigenvalue weighted by atomic mass is 9.84. The van der Waals surface area contributed by atoms with Crippen molar-refractivity contribution in [2.75, 3.05) is 7.11 Å². The zero-order chi connectivity index (χ0) is 17.8. The Kier molecular flexibility index (Phi) is 5.38. The zero-order valence-corrected chi connectivity index (χ0v) is 15.0. The second-order valence-corrected chi connectivity index (χ2v) is 6.51. The molecule has 132 valence electrons. The number of aryl methyl sites for hydroxylation is 1. The minimum Gasteiger partial charge on any atom is -0.381 e. The number of Topliss-reactive ketones (excluding diaryl/α,β-unsaturated/α-hetero) is 1. The van der Waals surface area contributed by atoms with E-state index >= 15 is 0 Å². The van der Waals surface area contributed by atoms with Crippen molar-refractivity contribution in [3.8, 4) is 0 Å². The summed E-state index contributed by atoms with van der Waals surface area (Å²) in [7, 11) is 3.65. The molecule has 3 rings (SSSR count). The highest BCUT2D eigenvalue weighted by molar-refractivity contribution is 5.97. The highest BCUT2D eigenvalue weighted by Gasteiger charge is 2.29. The molecule has 1 aromatic carbocycles. The van der Waals surface area contributed by atoms with E-state index in [2.05, 4.69) is 15.3 Å². The molecule has 1 aliphatic carbocycles. The molecule has 0 atom stereocenters. The molecule has 0 saturated heterocycles. The Morgan fingerprint density at radius 3 is 2.44 bits per heavy atom. The second kappa shape index (κ2) is 7.70. The second-order valence-electron chi connectivity index (χ2n) is 6.51. The predicted octanol–water partition coefficient (Wildman–Crippen LogP) is 4.71. The summed E-state index contributed by atoms with van der Waals surface area (Å²) in [5.41, 5.74) is 2.76. The van der Waals surface area contributed by atoms with E-state index in [0.717, 1.165) is 37.1 Å². The van der Waals surface area contributed by atoms with Gasteiger partial charge in [-0.15, -0.1) is 5.11 Å². The molecule has 0 aliphatic heterocycles. The van der Waals surface area contributed by atoms with Gasteiger partial charge < -0.3 is 4.74 Å². The van der Waals surface area contributed by atoms with Crippen molar-refractivity contribution in [3.63, 3.8) is 0 Å². The zero-order valence-electron chi connectivity index (χ0n) is 15.0. The largest absolute Gasteiger partial charge is 0.381 e. The number of ketones is 1. The van der Waals surface area contributed by atoms with Crippen LogP contribution in [0.4, 0.5) is 11.4 Å². The first-order valence-corrected chi connectivity index (χ1v) is 8.67. The van der Waals surface area contributed by atoms with Crippen molar-refractivity contribution in [3.05, 3.63) is 41.7 Å². The maximum Gasteiger partial charge on any atom is 0.182 e. The Labute approximate surface area is 147 Å². The summed E-state index contributed by atoms with van der Waals surface area (Å²) in [6, 6.07) is 9.53. The SMILES string of the molecule is COC1CCC(c2c(N=Nc3ccccc3)c(C(C)=O)nn2C)CC1. The standard InChI is InChI=1S/C19H24N4O2/c1-13(24)17-18(21-20-15-7-5-4-6-8-15)19(23(2)22-17)14-9-11-16(25-3)12-10-14/h4-8,14,16H,9-12H2,1-3H3. The van der Waals surface area contributed by atoms with Crippen LogP contribution in [0.2, 0.25) is 0 Å². The van der Waals surface area contributed by atoms with Crippen molar-refractivity contribution in [1.29, 1.82) is 0 Å². The number of aromatic nitrogens is 2. The molecule has 1 heterocycles. The molecule has 0 bridgehead atoms. The maximum atomic E-state index is 12.0. The highest BCUT2D eigenvalue weighted by Crippen LogP contribution is 2.40. The minimum absolute atomic E-state index is 0.0885. The average molecular weight is 340 g/mol. The number of ether oxygens (including phenoxy) is 1. The van der Waals surface area contributed by atoms with Gasteiger partial charge in [-0.05, 0) is 37.8 Å². The van der Waals surface area contributed by atoms with Gasteiger partial charge >= 0.3 is 0 Å². The van der Waals surface area contributed by atoms with Gasteiger partial charge in [0.15, 0.2) is 11.5 Å². The van der Waals surface area contributed by atoms with E-state index in [9.17, 15) is 4.79 Å². The molecule has 0 unspecified atom stereocenters. The molecule has 6 nitrogen and oxygen atoms in total. The summed E-state index contributed by atoms with van der Waals surface area (Å²) >= 11 is 0. The number of carbonyl (C=O) groups is 1. The normalized spacial score (nSPS) is 20.9. The Morgan fingerprint density at radius 2 is 1.84 bits per heavy atom. The van der Waals surface area contributed by atoms with Gasteiger partial charge in [-0.2, -0.15) is 10.2 Å². The van der Waals surface area contributed by atoms with E-state index in [1.165, 1.54) is 6.92 Å². The van der Waals surface area contributed by atoms with Crippen LogP contribution in [0.3, 0.4) is 0 Å². The molecule has 25 heavy (non-hydrogen) atoms. The van der Waals surface area contributed by atoms with E-state index < -0.39 is 0 Å². The van der Waals surface area contributed by atoms with Crippen LogP contribution in [-0.2, 0) is 11.8 Å². The summed E-state index contributed by atoms with van der Waals surface area (Å²) < 4.78 is 7.27. The first-order chi connectivity index (χ1) is 12.1. The van der Waals surface area contributed by atoms with Crippen LogP contribution in [0, 0.1) is 0 Å². The molecule has 6 heteroatoms. The lowest BCUT2D eigenvalue weighted by molar-refractivity contribution is 0.0652. The lowest BCUT2D eigenvalue weighted by Gasteiger charge is -2.27. The third-order valence-corrected chi connectivity index (χ3v) is 4.81. The van der Waals surface area contributed by atoms with Gasteiger partial charge in [-0.1, -0.05) is 18.2 Å². The number of carbonyl (C=O) groups excluding carboxylic acids is 1. The van der Waals surface area contributed by atoms with Crippen LogP contribution in [0.15, 0.2) is 40.6 Å². The molecule has 0 radical (unpaired) electrons. The lowest BCUT2D eigenvalue weighted by Crippen LogP contribution is -2.20. The molecule has 1 aromatic heterocycles. The number of benzene rings is 1. The van der Waals surface area contributed by atoms with E-state index in [1.807, 2.05) is 37.4 Å². The Hall–Kier alpha value is -2.34. The Morgan fingerprint density at radius 1 is 1.16 bits per heavy atom. The minimum atomic E-state index is -0.0885. The Bertz CT molecular complexity index is 759. The van der Waals surface area contributed by atoms with Crippen molar-refractivity contribution >= 4 is 17.2 Å². The van der Waals surface area contributed by atoms with Crippen LogP contribution in [-0.4, -0.2) is 28.8 Å². The number of hydrogen-bond acceptors (Lipinski definition) is 5. The van der Waals surface area contributed by atoms with Gasteiger partial charge in [0.2, 0.25) is 0 Å². The summed E-state index contributed by atoms with van der Waals surface area (Å²) in [5.74, 6) is 0.233. The van der Waals surface area contributed by atoms with Crippen molar-refractivity contribution in [2.45, 2.75) is 44.6 Å². The first-order valence-electron chi connectivity index (χ1n) is 8.67. The molecule has 2 aromatic rings. The van der Waals surface area contributed by atoms with Gasteiger partial charge in [0.05, 0.1) is 17.5 Å². The Balaban J connectivity index is 1.95. The number of rotatable bonds is 5. The van der Waals surface area contributed by atoms with Crippen LogP contribution in [0.25, 0.3) is 0 Å². The fraction of sp³-hybridized carbons (Fsp3) is 0.474. The van der Waals surface area contributed by atoms with Crippen molar-refractivity contribution in [2.24, 2.45) is 17.3 Å². The van der Waals surface area contributed by atoms with Gasteiger partial charge in [-0.25, -0.2) is 0 Å². The smallest absolute Gasteiger partial charge is 0.182 e. The molecule has 0 amide bonds. The highest BCUT2D eigenvalue weighted by atomic mass is 16.5. The molecule has 1 aliphatic rings. The van der Waals surface area contributed by atoms with E-state index in [0.29, 0.717) is 23.4 Å². The fourth-order valence-electron chi connectivity index (χ4n) is 3.49. The van der Waals surface area contributed by atoms with E-state index in [-0.39, 0.29) is 5.78 Å². The molecule has 1 fully saturated rings. The number of hydrogen-bond donors (Lipinski definition) is 0. The van der Waals surface area contributed by atoms with E-state index in [4.69, 9.17) is 4.74 Å². The van der Waals surface area contributed by atoms with Crippen molar-refractivity contribution in [1.82, 2.24) is 9.78 Å². The third kappa shape index (κ3) is 3.85. The van der Waals surface area contributed by atoms with E-state index in [1.54, 1.807) is 11.8 Å². The van der Waals surface area contributed by atoms with Crippen LogP contribution >= 0.6 is 0 Å². The number of methoxy groups -OCH3 is 1. The fourth-order valence-corrected chi connectivity index (χ4v) is 3.49. The first kappa shape index (κ1) is 17.5. The summed E-state index contributed by atoms with van der Waals surface area (Å²) in [4.78, 5) is 12.0. The van der Waals surface area contributed by atoms with Crippen LogP contribution < -0.4 is 0 Å². The average Bonchev–Trinajstić information content (AvgIpc) is 2.97. The van der Waals surface area contributed by atoms with Gasteiger partial charge in [0.1, 0.15) is 5.69 Å². The third-order valence-electron chi connectivity index (χ3n) is 4.81. The molecular weight excluding hydrogens is 316 g/mol. The number of azo groups is 1. The summed E-state index contributed by atoms with van der Waals surface area (Å²) in [6.45, 7) is 1.52.